The van der Waals surface area contributed by atoms with Crippen molar-refractivity contribution in [2.24, 2.45) is 0 Å². The van der Waals surface area contributed by atoms with E-state index in [4.69, 9.17) is 21.1 Å². The highest BCUT2D eigenvalue weighted by molar-refractivity contribution is 7.91. The molecule has 0 spiro atoms. The fraction of sp³-hybridized carbons (Fsp3) is 0.278. The van der Waals surface area contributed by atoms with Gasteiger partial charge in [-0.1, -0.05) is 17.7 Å². The SMILES string of the molecule is COc1ccc(NCC(=O)Nc2cc(Cl)ccc2C)c(S(C)(=O)=O)c1OC. The lowest BCUT2D eigenvalue weighted by molar-refractivity contribution is -0.114. The molecule has 0 aliphatic carbocycles. The number of benzene rings is 2. The molecule has 1 amide bonds. The highest BCUT2D eigenvalue weighted by Gasteiger charge is 2.23. The molecule has 0 bridgehead atoms. The Bertz CT molecular complexity index is 960. The van der Waals surface area contributed by atoms with Crippen molar-refractivity contribution >= 4 is 38.7 Å². The minimum atomic E-state index is -3.64. The number of nitrogens with one attached hydrogen (secondary N) is 2. The first-order valence-electron chi connectivity index (χ1n) is 7.92. The Labute approximate surface area is 163 Å². The Balaban J connectivity index is 2.25. The number of halogens is 1. The second kappa shape index (κ2) is 8.49. The first-order valence-corrected chi connectivity index (χ1v) is 10.2. The second-order valence-corrected chi connectivity index (χ2v) is 8.20. The van der Waals surface area contributed by atoms with Gasteiger partial charge in [-0.3, -0.25) is 4.79 Å². The van der Waals surface area contributed by atoms with Crippen molar-refractivity contribution in [1.29, 1.82) is 0 Å². The normalized spacial score (nSPS) is 11.0. The van der Waals surface area contributed by atoms with E-state index >= 15 is 0 Å². The summed E-state index contributed by atoms with van der Waals surface area (Å²) in [6, 6.07) is 8.26. The predicted molar refractivity (Wildman–Crippen MR) is 106 cm³/mol. The molecule has 0 atom stereocenters. The van der Waals surface area contributed by atoms with Gasteiger partial charge < -0.3 is 20.1 Å². The largest absolute Gasteiger partial charge is 0.493 e. The zero-order valence-corrected chi connectivity index (χ0v) is 17.0. The second-order valence-electron chi connectivity index (χ2n) is 5.81. The Morgan fingerprint density at radius 1 is 1.11 bits per heavy atom. The third kappa shape index (κ3) is 5.05. The van der Waals surface area contributed by atoms with Crippen molar-refractivity contribution in [3.63, 3.8) is 0 Å². The van der Waals surface area contributed by atoms with Crippen LogP contribution in [0.1, 0.15) is 5.56 Å². The van der Waals surface area contributed by atoms with Gasteiger partial charge in [-0.05, 0) is 36.8 Å². The van der Waals surface area contributed by atoms with Crippen molar-refractivity contribution < 1.29 is 22.7 Å². The number of anilines is 2. The third-order valence-electron chi connectivity index (χ3n) is 3.78. The Morgan fingerprint density at radius 2 is 1.81 bits per heavy atom. The summed E-state index contributed by atoms with van der Waals surface area (Å²) in [6.07, 6.45) is 1.06. The van der Waals surface area contributed by atoms with E-state index in [2.05, 4.69) is 10.6 Å². The summed E-state index contributed by atoms with van der Waals surface area (Å²) in [4.78, 5) is 12.2. The molecule has 2 aromatic rings. The Kier molecular flexibility index (Phi) is 6.56. The van der Waals surface area contributed by atoms with Crippen LogP contribution in [0.4, 0.5) is 11.4 Å². The summed E-state index contributed by atoms with van der Waals surface area (Å²) in [7, 11) is -0.878. The molecule has 0 heterocycles. The molecule has 9 heteroatoms. The van der Waals surface area contributed by atoms with Crippen LogP contribution < -0.4 is 20.1 Å². The van der Waals surface area contributed by atoms with Crippen LogP contribution in [0.5, 0.6) is 11.5 Å². The van der Waals surface area contributed by atoms with E-state index in [1.165, 1.54) is 20.3 Å². The standard InChI is InChI=1S/C18H21ClN2O5S/c1-11-5-6-12(19)9-14(11)21-16(22)10-20-13-7-8-15(25-2)17(26-3)18(13)27(4,23)24/h5-9,20H,10H2,1-4H3,(H,21,22). The van der Waals surface area contributed by atoms with Crippen LogP contribution in [-0.4, -0.2) is 41.3 Å². The fourth-order valence-electron chi connectivity index (χ4n) is 2.50. The molecule has 0 saturated heterocycles. The minimum absolute atomic E-state index is 0.0731. The molecular weight excluding hydrogens is 392 g/mol. The molecule has 0 aliphatic rings. The molecule has 2 aromatic carbocycles. The van der Waals surface area contributed by atoms with Crippen LogP contribution >= 0.6 is 11.6 Å². The number of methoxy groups -OCH3 is 2. The van der Waals surface area contributed by atoms with Crippen LogP contribution in [0.15, 0.2) is 35.2 Å². The quantitative estimate of drug-likeness (QED) is 0.725. The number of rotatable bonds is 7. The molecule has 27 heavy (non-hydrogen) atoms. The van der Waals surface area contributed by atoms with Crippen LogP contribution in [0.2, 0.25) is 5.02 Å². The molecule has 2 rings (SSSR count). The average molecular weight is 413 g/mol. The first kappa shape index (κ1) is 20.9. The van der Waals surface area contributed by atoms with E-state index in [1.54, 1.807) is 24.3 Å². The molecule has 2 N–H and O–H groups in total. The molecule has 0 aromatic heterocycles. The highest BCUT2D eigenvalue weighted by Crippen LogP contribution is 2.39. The lowest BCUT2D eigenvalue weighted by Gasteiger charge is -2.17. The van der Waals surface area contributed by atoms with Crippen LogP contribution in [0.25, 0.3) is 0 Å². The summed E-state index contributed by atoms with van der Waals surface area (Å²) in [5.41, 5.74) is 1.69. The molecule has 0 saturated carbocycles. The van der Waals surface area contributed by atoms with Crippen LogP contribution in [0.3, 0.4) is 0 Å². The van der Waals surface area contributed by atoms with Gasteiger partial charge in [0.05, 0.1) is 26.5 Å². The number of hydrogen-bond donors (Lipinski definition) is 2. The monoisotopic (exact) mass is 412 g/mol. The van der Waals surface area contributed by atoms with Gasteiger partial charge in [0, 0.05) is 17.0 Å². The summed E-state index contributed by atoms with van der Waals surface area (Å²) in [5.74, 6) is 0.00757. The van der Waals surface area contributed by atoms with Gasteiger partial charge in [0.15, 0.2) is 21.3 Å². The van der Waals surface area contributed by atoms with Gasteiger partial charge in [0.1, 0.15) is 4.90 Å². The van der Waals surface area contributed by atoms with Gasteiger partial charge >= 0.3 is 0 Å². The number of hydrogen-bond acceptors (Lipinski definition) is 6. The molecule has 0 fully saturated rings. The molecule has 7 nitrogen and oxygen atoms in total. The number of amides is 1. The summed E-state index contributed by atoms with van der Waals surface area (Å²) < 4.78 is 34.8. The van der Waals surface area contributed by atoms with E-state index in [1.807, 2.05) is 6.92 Å². The average Bonchev–Trinajstić information content (AvgIpc) is 2.61. The number of sulfone groups is 1. The minimum Gasteiger partial charge on any atom is -0.493 e. The van der Waals surface area contributed by atoms with E-state index in [0.717, 1.165) is 11.8 Å². The smallest absolute Gasteiger partial charge is 0.243 e. The predicted octanol–water partition coefficient (Wildman–Crippen LogP) is 3.12. The highest BCUT2D eigenvalue weighted by atomic mass is 35.5. The summed E-state index contributed by atoms with van der Waals surface area (Å²) in [5, 5.41) is 6.08. The molecule has 146 valence electrons. The maximum atomic E-state index is 12.3. The van der Waals surface area contributed by atoms with Crippen molar-refractivity contribution in [3.05, 3.63) is 40.9 Å². The van der Waals surface area contributed by atoms with E-state index in [0.29, 0.717) is 10.7 Å². The van der Waals surface area contributed by atoms with Gasteiger partial charge in [0.2, 0.25) is 5.91 Å². The van der Waals surface area contributed by atoms with E-state index < -0.39 is 9.84 Å². The number of carbonyl (C=O) groups excluding carboxylic acids is 1. The van der Waals surface area contributed by atoms with Crippen molar-refractivity contribution in [2.75, 3.05) is 37.7 Å². The first-order chi connectivity index (χ1) is 12.7. The van der Waals surface area contributed by atoms with Crippen LogP contribution in [0, 0.1) is 6.92 Å². The topological polar surface area (TPSA) is 93.7 Å². The molecule has 0 aliphatic heterocycles. The van der Waals surface area contributed by atoms with E-state index in [-0.39, 0.29) is 34.5 Å². The zero-order valence-electron chi connectivity index (χ0n) is 15.4. The number of ether oxygens (including phenoxy) is 2. The van der Waals surface area contributed by atoms with Crippen molar-refractivity contribution in [3.8, 4) is 11.5 Å². The van der Waals surface area contributed by atoms with Crippen molar-refractivity contribution in [2.45, 2.75) is 11.8 Å². The molecule has 0 radical (unpaired) electrons. The van der Waals surface area contributed by atoms with E-state index in [9.17, 15) is 13.2 Å². The molecule has 0 unspecified atom stereocenters. The summed E-state index contributed by atoms with van der Waals surface area (Å²) in [6.45, 7) is 1.69. The number of carbonyl (C=O) groups is 1. The van der Waals surface area contributed by atoms with Gasteiger partial charge in [-0.15, -0.1) is 0 Å². The Hall–Kier alpha value is -2.45. The van der Waals surface area contributed by atoms with Crippen LogP contribution in [-0.2, 0) is 14.6 Å². The van der Waals surface area contributed by atoms with Gasteiger partial charge in [0.25, 0.3) is 0 Å². The number of aryl methyl sites for hydroxylation is 1. The third-order valence-corrected chi connectivity index (χ3v) is 5.17. The summed E-state index contributed by atoms with van der Waals surface area (Å²) >= 11 is 5.95. The molecular formula is C18H21ClN2O5S. The lowest BCUT2D eigenvalue weighted by atomic mass is 10.2. The van der Waals surface area contributed by atoms with Gasteiger partial charge in [-0.25, -0.2) is 8.42 Å². The lowest BCUT2D eigenvalue weighted by Crippen LogP contribution is -2.23. The fourth-order valence-corrected chi connectivity index (χ4v) is 3.74. The van der Waals surface area contributed by atoms with Crippen molar-refractivity contribution in [1.82, 2.24) is 0 Å². The maximum Gasteiger partial charge on any atom is 0.243 e. The Morgan fingerprint density at radius 3 is 2.41 bits per heavy atom. The maximum absolute atomic E-state index is 12.3. The zero-order chi connectivity index (χ0) is 20.2. The van der Waals surface area contributed by atoms with Gasteiger partial charge in [-0.2, -0.15) is 0 Å².